The second kappa shape index (κ2) is 8.38. The smallest absolute Gasteiger partial charge is 0.0271 e. The maximum atomic E-state index is 4.09. The van der Waals surface area contributed by atoms with Crippen molar-refractivity contribution in [2.24, 2.45) is 5.41 Å². The lowest BCUT2D eigenvalue weighted by Gasteiger charge is -2.35. The molecule has 0 aliphatic heterocycles. The lowest BCUT2D eigenvalue weighted by molar-refractivity contribution is 0.152. The van der Waals surface area contributed by atoms with Crippen LogP contribution in [0.4, 0.5) is 0 Å². The summed E-state index contributed by atoms with van der Waals surface area (Å²) in [5, 5.41) is 3.59. The third-order valence-corrected chi connectivity index (χ3v) is 4.00. The maximum Gasteiger partial charge on any atom is 0.0271 e. The summed E-state index contributed by atoms with van der Waals surface area (Å²) in [6.45, 7) is 15.6. The number of hydrogen-bond acceptors (Lipinski definition) is 3. The van der Waals surface area contributed by atoms with Gasteiger partial charge in [0.2, 0.25) is 0 Å². The molecule has 1 heterocycles. The highest BCUT2D eigenvalue weighted by molar-refractivity contribution is 5.09. The van der Waals surface area contributed by atoms with E-state index >= 15 is 0 Å². The Morgan fingerprint density at radius 3 is 2.40 bits per heavy atom. The van der Waals surface area contributed by atoms with E-state index in [1.54, 1.807) is 0 Å². The molecule has 3 nitrogen and oxygen atoms in total. The molecule has 1 atom stereocenters. The minimum Gasteiger partial charge on any atom is -0.314 e. The molecular formula is C17H31N3. The maximum absolute atomic E-state index is 4.09. The summed E-state index contributed by atoms with van der Waals surface area (Å²) < 4.78 is 0. The summed E-state index contributed by atoms with van der Waals surface area (Å²) in [7, 11) is 0. The minimum atomic E-state index is 0.327. The van der Waals surface area contributed by atoms with Crippen molar-refractivity contribution in [1.82, 2.24) is 15.2 Å². The number of aromatic nitrogens is 1. The first-order valence-electron chi connectivity index (χ1n) is 7.83. The van der Waals surface area contributed by atoms with Crippen molar-refractivity contribution in [3.05, 3.63) is 30.1 Å². The van der Waals surface area contributed by atoms with E-state index < -0.39 is 0 Å². The van der Waals surface area contributed by atoms with Crippen LogP contribution in [0.25, 0.3) is 0 Å². The largest absolute Gasteiger partial charge is 0.314 e. The first-order valence-corrected chi connectivity index (χ1v) is 7.83. The van der Waals surface area contributed by atoms with Gasteiger partial charge in [-0.3, -0.25) is 9.88 Å². The van der Waals surface area contributed by atoms with Crippen molar-refractivity contribution >= 4 is 0 Å². The van der Waals surface area contributed by atoms with Crippen LogP contribution in [-0.4, -0.2) is 35.6 Å². The summed E-state index contributed by atoms with van der Waals surface area (Å²) >= 11 is 0. The van der Waals surface area contributed by atoms with E-state index in [2.05, 4.69) is 62.0 Å². The van der Waals surface area contributed by atoms with Crippen molar-refractivity contribution in [3.8, 4) is 0 Å². The van der Waals surface area contributed by atoms with Gasteiger partial charge in [-0.25, -0.2) is 0 Å². The molecule has 1 rings (SSSR count). The average Bonchev–Trinajstić information content (AvgIpc) is 2.45. The Morgan fingerprint density at radius 2 is 1.90 bits per heavy atom. The molecule has 1 aromatic heterocycles. The molecule has 0 aromatic carbocycles. The molecule has 20 heavy (non-hydrogen) atoms. The molecule has 3 heteroatoms. The molecule has 0 aliphatic carbocycles. The summed E-state index contributed by atoms with van der Waals surface area (Å²) in [6.07, 6.45) is 4.95. The highest BCUT2D eigenvalue weighted by atomic mass is 15.1. The topological polar surface area (TPSA) is 28.2 Å². The molecular weight excluding hydrogens is 246 g/mol. The summed E-state index contributed by atoms with van der Waals surface area (Å²) in [5.41, 5.74) is 1.67. The van der Waals surface area contributed by atoms with Gasteiger partial charge in [-0.2, -0.15) is 0 Å². The van der Waals surface area contributed by atoms with Crippen LogP contribution in [0.1, 0.15) is 46.6 Å². The van der Waals surface area contributed by atoms with Crippen LogP contribution in [0, 0.1) is 5.41 Å². The Hall–Kier alpha value is -0.930. The highest BCUT2D eigenvalue weighted by Gasteiger charge is 2.24. The third kappa shape index (κ3) is 6.02. The zero-order valence-corrected chi connectivity index (χ0v) is 13.8. The number of rotatable bonds is 9. The van der Waals surface area contributed by atoms with Gasteiger partial charge in [-0.15, -0.1) is 0 Å². The van der Waals surface area contributed by atoms with Crippen LogP contribution in [0.15, 0.2) is 24.5 Å². The highest BCUT2D eigenvalue weighted by Crippen LogP contribution is 2.22. The van der Waals surface area contributed by atoms with E-state index in [1.807, 2.05) is 12.4 Å². The standard InChI is InChI=1S/C17H31N3/c1-6-17(5,13-19-15(3)4)14-20(7-2)12-16-8-10-18-11-9-16/h8-11,15,19H,6-7,12-14H2,1-5H3. The zero-order valence-electron chi connectivity index (χ0n) is 13.8. The van der Waals surface area contributed by atoms with E-state index in [1.165, 1.54) is 12.0 Å². The van der Waals surface area contributed by atoms with Gasteiger partial charge in [0.25, 0.3) is 0 Å². The van der Waals surface area contributed by atoms with Crippen molar-refractivity contribution in [2.45, 2.75) is 53.6 Å². The Labute approximate surface area is 124 Å². The number of hydrogen-bond donors (Lipinski definition) is 1. The second-order valence-corrected chi connectivity index (χ2v) is 6.36. The molecule has 0 saturated heterocycles. The van der Waals surface area contributed by atoms with Crippen molar-refractivity contribution in [3.63, 3.8) is 0 Å². The van der Waals surface area contributed by atoms with Gasteiger partial charge < -0.3 is 5.32 Å². The van der Waals surface area contributed by atoms with Crippen LogP contribution in [-0.2, 0) is 6.54 Å². The molecule has 1 N–H and O–H groups in total. The number of nitrogens with zero attached hydrogens (tertiary/aromatic N) is 2. The molecule has 1 unspecified atom stereocenters. The van der Waals surface area contributed by atoms with E-state index in [4.69, 9.17) is 0 Å². The molecule has 114 valence electrons. The Bertz CT molecular complexity index is 364. The fraction of sp³-hybridized carbons (Fsp3) is 0.706. The van der Waals surface area contributed by atoms with Gasteiger partial charge in [-0.1, -0.05) is 34.6 Å². The lowest BCUT2D eigenvalue weighted by atomic mass is 9.86. The van der Waals surface area contributed by atoms with Crippen LogP contribution in [0.2, 0.25) is 0 Å². The first-order chi connectivity index (χ1) is 9.49. The number of pyridine rings is 1. The fourth-order valence-corrected chi connectivity index (χ4v) is 2.31. The molecule has 1 aromatic rings. The predicted octanol–water partition coefficient (Wildman–Crippen LogP) is 3.32. The average molecular weight is 277 g/mol. The minimum absolute atomic E-state index is 0.327. The van der Waals surface area contributed by atoms with Gasteiger partial charge in [0.15, 0.2) is 0 Å². The van der Waals surface area contributed by atoms with Crippen LogP contribution >= 0.6 is 0 Å². The molecule has 0 radical (unpaired) electrons. The summed E-state index contributed by atoms with van der Waals surface area (Å²) in [5.74, 6) is 0. The summed E-state index contributed by atoms with van der Waals surface area (Å²) in [6, 6.07) is 4.77. The van der Waals surface area contributed by atoms with Crippen molar-refractivity contribution in [1.29, 1.82) is 0 Å². The normalized spacial score (nSPS) is 14.8. The van der Waals surface area contributed by atoms with E-state index in [0.717, 1.165) is 26.2 Å². The van der Waals surface area contributed by atoms with Crippen LogP contribution in [0.3, 0.4) is 0 Å². The zero-order chi connectivity index (χ0) is 15.0. The molecule has 0 fully saturated rings. The van der Waals surface area contributed by atoms with Gasteiger partial charge >= 0.3 is 0 Å². The molecule has 0 bridgehead atoms. The predicted molar refractivity (Wildman–Crippen MR) is 86.7 cm³/mol. The van der Waals surface area contributed by atoms with Crippen molar-refractivity contribution < 1.29 is 0 Å². The molecule has 0 spiro atoms. The fourth-order valence-electron chi connectivity index (χ4n) is 2.31. The number of nitrogens with one attached hydrogen (secondary N) is 1. The lowest BCUT2D eigenvalue weighted by Crippen LogP contribution is -2.43. The van der Waals surface area contributed by atoms with Gasteiger partial charge in [-0.05, 0) is 36.1 Å². The van der Waals surface area contributed by atoms with Crippen LogP contribution < -0.4 is 5.32 Å². The van der Waals surface area contributed by atoms with Crippen LogP contribution in [0.5, 0.6) is 0 Å². The Morgan fingerprint density at radius 1 is 1.25 bits per heavy atom. The monoisotopic (exact) mass is 277 g/mol. The molecule has 0 amide bonds. The SMILES string of the molecule is CCN(Cc1ccncc1)CC(C)(CC)CNC(C)C. The Balaban J connectivity index is 2.60. The summed E-state index contributed by atoms with van der Waals surface area (Å²) in [4.78, 5) is 6.62. The van der Waals surface area contributed by atoms with E-state index in [0.29, 0.717) is 11.5 Å². The molecule has 0 aliphatic rings. The van der Waals surface area contributed by atoms with Gasteiger partial charge in [0.05, 0.1) is 0 Å². The third-order valence-electron chi connectivity index (χ3n) is 4.00. The second-order valence-electron chi connectivity index (χ2n) is 6.36. The Kier molecular flexibility index (Phi) is 7.17. The van der Waals surface area contributed by atoms with Crippen molar-refractivity contribution in [2.75, 3.05) is 19.6 Å². The van der Waals surface area contributed by atoms with Gasteiger partial charge in [0.1, 0.15) is 0 Å². The van der Waals surface area contributed by atoms with E-state index in [9.17, 15) is 0 Å². The quantitative estimate of drug-likeness (QED) is 0.750. The van der Waals surface area contributed by atoms with E-state index in [-0.39, 0.29) is 0 Å². The first kappa shape index (κ1) is 17.1. The van der Waals surface area contributed by atoms with Gasteiger partial charge in [0, 0.05) is 38.1 Å². The molecule has 0 saturated carbocycles.